The number of likely N-dealkylation sites (tertiary alicyclic amines) is 1. The van der Waals surface area contributed by atoms with Gasteiger partial charge in [-0.1, -0.05) is 6.08 Å². The molecule has 0 spiro atoms. The fraction of sp³-hybridized carbons (Fsp3) is 0.667. The van der Waals surface area contributed by atoms with Gasteiger partial charge in [-0.15, -0.1) is 6.58 Å². The minimum Gasteiger partial charge on any atom is -0.468 e. The van der Waals surface area contributed by atoms with Crippen LogP contribution in [0.15, 0.2) is 12.7 Å². The molecule has 1 atom stereocenters. The van der Waals surface area contributed by atoms with E-state index in [-0.39, 0.29) is 12.0 Å². The van der Waals surface area contributed by atoms with Gasteiger partial charge >= 0.3 is 5.97 Å². The van der Waals surface area contributed by atoms with Crippen LogP contribution >= 0.6 is 0 Å². The van der Waals surface area contributed by atoms with E-state index in [9.17, 15) is 4.79 Å². The number of esters is 1. The van der Waals surface area contributed by atoms with Gasteiger partial charge < -0.3 is 4.74 Å². The average molecular weight is 169 g/mol. The summed E-state index contributed by atoms with van der Waals surface area (Å²) in [4.78, 5) is 13.3. The van der Waals surface area contributed by atoms with E-state index in [4.69, 9.17) is 4.74 Å². The van der Waals surface area contributed by atoms with Crippen molar-refractivity contribution in [2.75, 3.05) is 20.2 Å². The van der Waals surface area contributed by atoms with Crippen molar-refractivity contribution in [1.29, 1.82) is 0 Å². The summed E-state index contributed by atoms with van der Waals surface area (Å²) >= 11 is 0. The molecule has 0 N–H and O–H groups in total. The van der Waals surface area contributed by atoms with Gasteiger partial charge in [-0.2, -0.15) is 0 Å². The van der Waals surface area contributed by atoms with E-state index in [1.54, 1.807) is 0 Å². The number of methoxy groups -OCH3 is 1. The van der Waals surface area contributed by atoms with Crippen LogP contribution in [0, 0.1) is 0 Å². The van der Waals surface area contributed by atoms with Crippen LogP contribution < -0.4 is 0 Å². The maximum Gasteiger partial charge on any atom is 0.323 e. The lowest BCUT2D eigenvalue weighted by Crippen LogP contribution is -2.36. The average Bonchev–Trinajstić information content (AvgIpc) is 2.52. The summed E-state index contributed by atoms with van der Waals surface area (Å²) in [5.74, 6) is -0.116. The van der Waals surface area contributed by atoms with Crippen LogP contribution in [-0.4, -0.2) is 37.1 Å². The van der Waals surface area contributed by atoms with Gasteiger partial charge in [0.1, 0.15) is 6.04 Å². The Hall–Kier alpha value is -0.830. The Morgan fingerprint density at radius 2 is 2.58 bits per heavy atom. The smallest absolute Gasteiger partial charge is 0.323 e. The van der Waals surface area contributed by atoms with E-state index in [0.717, 1.165) is 25.9 Å². The number of rotatable bonds is 3. The number of carbonyl (C=O) groups excluding carboxylic acids is 1. The summed E-state index contributed by atoms with van der Waals surface area (Å²) in [7, 11) is 1.44. The first-order chi connectivity index (χ1) is 5.79. The van der Waals surface area contributed by atoms with Crippen LogP contribution in [0.1, 0.15) is 12.8 Å². The summed E-state index contributed by atoms with van der Waals surface area (Å²) in [6, 6.07) is -0.0343. The highest BCUT2D eigenvalue weighted by Gasteiger charge is 2.30. The van der Waals surface area contributed by atoms with Gasteiger partial charge in [0.2, 0.25) is 0 Å². The third-order valence-corrected chi connectivity index (χ3v) is 2.20. The van der Waals surface area contributed by atoms with Gasteiger partial charge in [-0.3, -0.25) is 9.69 Å². The molecule has 0 aromatic carbocycles. The van der Waals surface area contributed by atoms with E-state index < -0.39 is 0 Å². The zero-order valence-electron chi connectivity index (χ0n) is 7.45. The number of hydrogen-bond donors (Lipinski definition) is 0. The monoisotopic (exact) mass is 169 g/mol. The van der Waals surface area contributed by atoms with Crippen molar-refractivity contribution in [3.8, 4) is 0 Å². The molecule has 68 valence electrons. The topological polar surface area (TPSA) is 29.5 Å². The summed E-state index contributed by atoms with van der Waals surface area (Å²) < 4.78 is 4.70. The van der Waals surface area contributed by atoms with Crippen LogP contribution in [-0.2, 0) is 9.53 Å². The van der Waals surface area contributed by atoms with E-state index in [2.05, 4.69) is 11.5 Å². The molecule has 1 fully saturated rings. The Balaban J connectivity index is 2.50. The first kappa shape index (κ1) is 9.26. The SMILES string of the molecule is C=CCN1CCC[C@@H]1C(=O)OC. The number of carbonyl (C=O) groups is 1. The second-order valence-corrected chi connectivity index (χ2v) is 2.96. The lowest BCUT2D eigenvalue weighted by Gasteiger charge is -2.19. The molecular formula is C9H15NO2. The Morgan fingerprint density at radius 1 is 1.83 bits per heavy atom. The van der Waals surface area contributed by atoms with E-state index in [1.165, 1.54) is 7.11 Å². The lowest BCUT2D eigenvalue weighted by molar-refractivity contribution is -0.145. The van der Waals surface area contributed by atoms with Crippen molar-refractivity contribution in [3.05, 3.63) is 12.7 Å². The molecule has 12 heavy (non-hydrogen) atoms. The highest BCUT2D eigenvalue weighted by molar-refractivity contribution is 5.75. The molecule has 0 aromatic heterocycles. The zero-order valence-corrected chi connectivity index (χ0v) is 7.45. The van der Waals surface area contributed by atoms with Crippen molar-refractivity contribution < 1.29 is 9.53 Å². The van der Waals surface area contributed by atoms with Gasteiger partial charge in [-0.05, 0) is 19.4 Å². The Morgan fingerprint density at radius 3 is 3.17 bits per heavy atom. The van der Waals surface area contributed by atoms with E-state index >= 15 is 0 Å². The summed E-state index contributed by atoms with van der Waals surface area (Å²) in [6.07, 6.45) is 3.81. The van der Waals surface area contributed by atoms with Crippen LogP contribution in [0.5, 0.6) is 0 Å². The molecule has 3 nitrogen and oxygen atoms in total. The minimum atomic E-state index is -0.116. The normalized spacial score (nSPS) is 23.9. The Kier molecular flexibility index (Phi) is 3.29. The third kappa shape index (κ3) is 1.85. The molecule has 0 saturated carbocycles. The van der Waals surface area contributed by atoms with Gasteiger partial charge in [0.15, 0.2) is 0 Å². The van der Waals surface area contributed by atoms with Crippen LogP contribution in [0.4, 0.5) is 0 Å². The molecular weight excluding hydrogens is 154 g/mol. The maximum absolute atomic E-state index is 11.2. The fourth-order valence-electron chi connectivity index (χ4n) is 1.61. The third-order valence-electron chi connectivity index (χ3n) is 2.20. The summed E-state index contributed by atoms with van der Waals surface area (Å²) in [5.41, 5.74) is 0. The van der Waals surface area contributed by atoms with E-state index in [0.29, 0.717) is 0 Å². The molecule has 3 heteroatoms. The molecule has 1 saturated heterocycles. The number of hydrogen-bond acceptors (Lipinski definition) is 3. The predicted molar refractivity (Wildman–Crippen MR) is 46.8 cm³/mol. The quantitative estimate of drug-likeness (QED) is 0.462. The van der Waals surface area contributed by atoms with Crippen LogP contribution in [0.25, 0.3) is 0 Å². The largest absolute Gasteiger partial charge is 0.468 e. The standard InChI is InChI=1S/C9H15NO2/c1-3-6-10-7-4-5-8(10)9(11)12-2/h3,8H,1,4-7H2,2H3/t8-/m1/s1. The second kappa shape index (κ2) is 4.26. The number of nitrogens with zero attached hydrogens (tertiary/aromatic N) is 1. The van der Waals surface area contributed by atoms with E-state index in [1.807, 2.05) is 6.08 Å². The van der Waals surface area contributed by atoms with Gasteiger partial charge in [0.25, 0.3) is 0 Å². The van der Waals surface area contributed by atoms with Crippen LogP contribution in [0.3, 0.4) is 0 Å². The molecule has 1 rings (SSSR count). The first-order valence-corrected chi connectivity index (χ1v) is 4.22. The van der Waals surface area contributed by atoms with Crippen molar-refractivity contribution in [2.45, 2.75) is 18.9 Å². The van der Waals surface area contributed by atoms with Gasteiger partial charge in [-0.25, -0.2) is 0 Å². The molecule has 0 bridgehead atoms. The first-order valence-electron chi connectivity index (χ1n) is 4.22. The highest BCUT2D eigenvalue weighted by atomic mass is 16.5. The molecule has 0 aliphatic carbocycles. The molecule has 1 heterocycles. The fourth-order valence-corrected chi connectivity index (χ4v) is 1.61. The molecule has 0 unspecified atom stereocenters. The molecule has 1 aliphatic rings. The van der Waals surface area contributed by atoms with Crippen molar-refractivity contribution in [2.24, 2.45) is 0 Å². The molecule has 0 aromatic rings. The second-order valence-electron chi connectivity index (χ2n) is 2.96. The maximum atomic E-state index is 11.2. The lowest BCUT2D eigenvalue weighted by atomic mass is 10.2. The van der Waals surface area contributed by atoms with Crippen molar-refractivity contribution >= 4 is 5.97 Å². The van der Waals surface area contributed by atoms with Gasteiger partial charge in [0.05, 0.1) is 7.11 Å². The summed E-state index contributed by atoms with van der Waals surface area (Å²) in [6.45, 7) is 5.41. The van der Waals surface area contributed by atoms with Crippen molar-refractivity contribution in [3.63, 3.8) is 0 Å². The number of ether oxygens (including phenoxy) is 1. The molecule has 1 aliphatic heterocycles. The Bertz CT molecular complexity index is 179. The van der Waals surface area contributed by atoms with Crippen LogP contribution in [0.2, 0.25) is 0 Å². The molecule has 0 amide bonds. The molecule has 0 radical (unpaired) electrons. The zero-order chi connectivity index (χ0) is 8.97. The Labute approximate surface area is 73.0 Å². The van der Waals surface area contributed by atoms with Gasteiger partial charge in [0, 0.05) is 6.54 Å². The van der Waals surface area contributed by atoms with Crippen molar-refractivity contribution in [1.82, 2.24) is 4.90 Å². The minimum absolute atomic E-state index is 0.0343. The summed E-state index contributed by atoms with van der Waals surface area (Å²) in [5, 5.41) is 0. The predicted octanol–water partition coefficient (Wildman–Crippen LogP) is 0.810. The highest BCUT2D eigenvalue weighted by Crippen LogP contribution is 2.17.